The molecule has 1 aromatic rings. The van der Waals surface area contributed by atoms with Crippen molar-refractivity contribution >= 4 is 27.8 Å². The van der Waals surface area contributed by atoms with Crippen LogP contribution in [0.15, 0.2) is 28.2 Å². The molecule has 19 heavy (non-hydrogen) atoms. The van der Waals surface area contributed by atoms with Gasteiger partial charge in [0.15, 0.2) is 5.78 Å². The van der Waals surface area contributed by atoms with E-state index in [2.05, 4.69) is 15.9 Å². The number of hydrogen-bond acceptors (Lipinski definition) is 3. The van der Waals surface area contributed by atoms with Gasteiger partial charge in [0.2, 0.25) is 0 Å². The van der Waals surface area contributed by atoms with E-state index in [1.165, 1.54) is 0 Å². The van der Waals surface area contributed by atoms with Gasteiger partial charge in [0.25, 0.3) is 0 Å². The van der Waals surface area contributed by atoms with Crippen molar-refractivity contribution < 1.29 is 9.53 Å². The molecule has 0 heterocycles. The Kier molecular flexibility index (Phi) is 4.90. The predicted molar refractivity (Wildman–Crippen MR) is 78.7 cm³/mol. The second-order valence-electron chi connectivity index (χ2n) is 5.14. The number of Topliss-reactive ketones (excluding diaryl/α,β-unsaturated/α-hetero) is 1. The standard InChI is InChI=1S/C15H16BrNO2/c1-15(2,3)14(18)11(9-17)7-10-5-6-13(19-4)12(16)8-10/h5-8H,1-4H3. The summed E-state index contributed by atoms with van der Waals surface area (Å²) in [4.78, 5) is 12.1. The predicted octanol–water partition coefficient (Wildman–Crippen LogP) is 3.98. The zero-order chi connectivity index (χ0) is 14.6. The highest BCUT2D eigenvalue weighted by Gasteiger charge is 2.24. The van der Waals surface area contributed by atoms with Crippen molar-refractivity contribution in [1.82, 2.24) is 0 Å². The number of rotatable bonds is 3. The van der Waals surface area contributed by atoms with Gasteiger partial charge < -0.3 is 4.74 Å². The first-order valence-electron chi connectivity index (χ1n) is 5.79. The molecular weight excluding hydrogens is 306 g/mol. The van der Waals surface area contributed by atoms with E-state index in [4.69, 9.17) is 10.00 Å². The summed E-state index contributed by atoms with van der Waals surface area (Å²) in [6.45, 7) is 5.39. The molecule has 0 aliphatic carbocycles. The van der Waals surface area contributed by atoms with E-state index in [0.29, 0.717) is 5.75 Å². The van der Waals surface area contributed by atoms with E-state index in [1.807, 2.05) is 12.1 Å². The lowest BCUT2D eigenvalue weighted by molar-refractivity contribution is -0.121. The van der Waals surface area contributed by atoms with Crippen molar-refractivity contribution in [2.75, 3.05) is 7.11 Å². The fraction of sp³-hybridized carbons (Fsp3) is 0.333. The minimum atomic E-state index is -0.564. The quantitative estimate of drug-likeness (QED) is 0.625. The van der Waals surface area contributed by atoms with Crippen LogP contribution >= 0.6 is 15.9 Å². The lowest BCUT2D eigenvalue weighted by Crippen LogP contribution is -2.21. The van der Waals surface area contributed by atoms with Crippen molar-refractivity contribution in [3.8, 4) is 11.8 Å². The molecule has 0 saturated carbocycles. The average molecular weight is 322 g/mol. The van der Waals surface area contributed by atoms with Gasteiger partial charge in [0.05, 0.1) is 17.2 Å². The highest BCUT2D eigenvalue weighted by atomic mass is 79.9. The van der Waals surface area contributed by atoms with Crippen molar-refractivity contribution in [3.63, 3.8) is 0 Å². The first kappa shape index (κ1) is 15.5. The van der Waals surface area contributed by atoms with Crippen LogP contribution in [0.3, 0.4) is 0 Å². The van der Waals surface area contributed by atoms with E-state index in [-0.39, 0.29) is 11.4 Å². The number of halogens is 1. The van der Waals surface area contributed by atoms with Gasteiger partial charge in [-0.1, -0.05) is 26.8 Å². The molecule has 1 aromatic carbocycles. The number of benzene rings is 1. The maximum atomic E-state index is 12.1. The van der Waals surface area contributed by atoms with Gasteiger partial charge >= 0.3 is 0 Å². The zero-order valence-corrected chi connectivity index (χ0v) is 13.0. The Labute approximate surface area is 122 Å². The summed E-state index contributed by atoms with van der Waals surface area (Å²) >= 11 is 3.37. The minimum absolute atomic E-state index is 0.157. The Bertz CT molecular complexity index is 562. The molecule has 0 aliphatic heterocycles. The molecule has 0 bridgehead atoms. The summed E-state index contributed by atoms with van der Waals surface area (Å²) in [5.41, 5.74) is 0.372. The summed E-state index contributed by atoms with van der Waals surface area (Å²) in [6, 6.07) is 7.37. The lowest BCUT2D eigenvalue weighted by atomic mass is 9.86. The maximum Gasteiger partial charge on any atom is 0.178 e. The molecule has 100 valence electrons. The molecule has 0 fully saturated rings. The number of carbonyl (C=O) groups excluding carboxylic acids is 1. The Morgan fingerprint density at radius 2 is 2.05 bits per heavy atom. The zero-order valence-electron chi connectivity index (χ0n) is 11.5. The third-order valence-electron chi connectivity index (χ3n) is 2.53. The van der Waals surface area contributed by atoms with Gasteiger partial charge in [-0.05, 0) is 39.7 Å². The summed E-state index contributed by atoms with van der Waals surface area (Å²) in [5.74, 6) is 0.541. The van der Waals surface area contributed by atoms with Crippen LogP contribution in [0, 0.1) is 16.7 Å². The molecule has 0 saturated heterocycles. The molecule has 0 atom stereocenters. The number of nitrogens with zero attached hydrogens (tertiary/aromatic N) is 1. The van der Waals surface area contributed by atoms with Gasteiger partial charge in [0, 0.05) is 5.41 Å². The van der Waals surface area contributed by atoms with Gasteiger partial charge in [-0.3, -0.25) is 4.79 Å². The van der Waals surface area contributed by atoms with E-state index >= 15 is 0 Å². The summed E-state index contributed by atoms with van der Waals surface area (Å²) in [5, 5.41) is 9.12. The number of ketones is 1. The van der Waals surface area contributed by atoms with Gasteiger partial charge in [-0.2, -0.15) is 5.26 Å². The van der Waals surface area contributed by atoms with Gasteiger partial charge in [-0.25, -0.2) is 0 Å². The van der Waals surface area contributed by atoms with E-state index in [1.54, 1.807) is 46.1 Å². The fourth-order valence-corrected chi connectivity index (χ4v) is 2.05. The van der Waals surface area contributed by atoms with Gasteiger partial charge in [-0.15, -0.1) is 0 Å². The highest BCUT2D eigenvalue weighted by molar-refractivity contribution is 9.10. The van der Waals surface area contributed by atoms with E-state index < -0.39 is 5.41 Å². The first-order chi connectivity index (χ1) is 8.79. The lowest BCUT2D eigenvalue weighted by Gasteiger charge is -2.15. The second-order valence-corrected chi connectivity index (χ2v) is 6.00. The minimum Gasteiger partial charge on any atom is -0.496 e. The molecule has 0 N–H and O–H groups in total. The van der Waals surface area contributed by atoms with Crippen LogP contribution in [-0.2, 0) is 4.79 Å². The van der Waals surface area contributed by atoms with E-state index in [9.17, 15) is 4.79 Å². The molecule has 3 nitrogen and oxygen atoms in total. The van der Waals surface area contributed by atoms with Gasteiger partial charge in [0.1, 0.15) is 11.8 Å². The molecule has 0 radical (unpaired) electrons. The maximum absolute atomic E-state index is 12.1. The Balaban J connectivity index is 3.17. The fourth-order valence-electron chi connectivity index (χ4n) is 1.49. The van der Waals surface area contributed by atoms with Crippen LogP contribution in [0.2, 0.25) is 0 Å². The number of allylic oxidation sites excluding steroid dienone is 1. The van der Waals surface area contributed by atoms with Crippen LogP contribution in [0.5, 0.6) is 5.75 Å². The summed E-state index contributed by atoms with van der Waals surface area (Å²) in [6.07, 6.45) is 1.60. The molecule has 0 spiro atoms. The van der Waals surface area contributed by atoms with Crippen LogP contribution in [-0.4, -0.2) is 12.9 Å². The number of nitriles is 1. The highest BCUT2D eigenvalue weighted by Crippen LogP contribution is 2.27. The van der Waals surface area contributed by atoms with Crippen LogP contribution in [0.25, 0.3) is 6.08 Å². The van der Waals surface area contributed by atoms with Crippen molar-refractivity contribution in [3.05, 3.63) is 33.8 Å². The second kappa shape index (κ2) is 6.03. The SMILES string of the molecule is COc1ccc(C=C(C#N)C(=O)C(C)(C)C)cc1Br. The van der Waals surface area contributed by atoms with Crippen molar-refractivity contribution in [1.29, 1.82) is 5.26 Å². The molecule has 0 aromatic heterocycles. The molecule has 4 heteroatoms. The number of methoxy groups -OCH3 is 1. The van der Waals surface area contributed by atoms with Crippen LogP contribution in [0.1, 0.15) is 26.3 Å². The Morgan fingerprint density at radius 1 is 1.42 bits per heavy atom. The monoisotopic (exact) mass is 321 g/mol. The number of hydrogen-bond donors (Lipinski definition) is 0. The van der Waals surface area contributed by atoms with Crippen LogP contribution < -0.4 is 4.74 Å². The van der Waals surface area contributed by atoms with Crippen LogP contribution in [0.4, 0.5) is 0 Å². The molecule has 0 amide bonds. The average Bonchev–Trinajstić information content (AvgIpc) is 2.34. The molecule has 0 aliphatic rings. The van der Waals surface area contributed by atoms with Crippen molar-refractivity contribution in [2.24, 2.45) is 5.41 Å². The number of carbonyl (C=O) groups is 1. The molecule has 1 rings (SSSR count). The Morgan fingerprint density at radius 3 is 2.47 bits per heavy atom. The summed E-state index contributed by atoms with van der Waals surface area (Å²) < 4.78 is 5.92. The molecule has 0 unspecified atom stereocenters. The normalized spacial score (nSPS) is 11.9. The number of ether oxygens (including phenoxy) is 1. The summed E-state index contributed by atoms with van der Waals surface area (Å²) in [7, 11) is 1.58. The molecular formula is C15H16BrNO2. The first-order valence-corrected chi connectivity index (χ1v) is 6.59. The Hall–Kier alpha value is -1.60. The topological polar surface area (TPSA) is 50.1 Å². The van der Waals surface area contributed by atoms with E-state index in [0.717, 1.165) is 10.0 Å². The van der Waals surface area contributed by atoms with Crippen molar-refractivity contribution in [2.45, 2.75) is 20.8 Å². The largest absolute Gasteiger partial charge is 0.496 e. The third kappa shape index (κ3) is 3.93. The third-order valence-corrected chi connectivity index (χ3v) is 3.15. The smallest absolute Gasteiger partial charge is 0.178 e.